The molecule has 15 heavy (non-hydrogen) atoms. The Labute approximate surface area is 89.9 Å². The van der Waals surface area contributed by atoms with E-state index in [4.69, 9.17) is 9.84 Å². The average molecular weight is 214 g/mol. The Bertz CT molecular complexity index is 245. The van der Waals surface area contributed by atoms with Crippen LogP contribution >= 0.6 is 0 Å². The molecule has 0 saturated carbocycles. The Morgan fingerprint density at radius 1 is 1.33 bits per heavy atom. The van der Waals surface area contributed by atoms with E-state index in [1.807, 2.05) is 0 Å². The molecule has 0 aliphatic heterocycles. The second-order valence-corrected chi connectivity index (χ2v) is 3.67. The van der Waals surface area contributed by atoms with Crippen molar-refractivity contribution in [3.8, 4) is 0 Å². The number of rotatable bonds is 6. The minimum absolute atomic E-state index is 0.175. The van der Waals surface area contributed by atoms with Crippen LogP contribution in [0, 0.1) is 5.92 Å². The molecular formula is C11H18O4. The van der Waals surface area contributed by atoms with Gasteiger partial charge in [0.1, 0.15) is 0 Å². The topological polar surface area (TPSA) is 63.6 Å². The largest absolute Gasteiger partial charge is 0.478 e. The maximum absolute atomic E-state index is 11.1. The lowest BCUT2D eigenvalue weighted by molar-refractivity contribution is -0.143. The van der Waals surface area contributed by atoms with Crippen LogP contribution in [0.3, 0.4) is 0 Å². The van der Waals surface area contributed by atoms with Crippen molar-refractivity contribution in [3.63, 3.8) is 0 Å². The molecule has 0 aromatic heterocycles. The monoisotopic (exact) mass is 214 g/mol. The van der Waals surface area contributed by atoms with E-state index in [9.17, 15) is 9.59 Å². The molecule has 0 heterocycles. The van der Waals surface area contributed by atoms with Crippen molar-refractivity contribution < 1.29 is 19.4 Å². The van der Waals surface area contributed by atoms with Crippen LogP contribution in [0.25, 0.3) is 0 Å². The zero-order valence-electron chi connectivity index (χ0n) is 9.40. The highest BCUT2D eigenvalue weighted by Gasteiger charge is 2.10. The molecule has 86 valence electrons. The van der Waals surface area contributed by atoms with Crippen molar-refractivity contribution in [2.75, 3.05) is 0 Å². The fraction of sp³-hybridized carbons (Fsp3) is 0.636. The van der Waals surface area contributed by atoms with Crippen LogP contribution in [-0.2, 0) is 14.3 Å². The molecule has 0 aromatic carbocycles. The predicted octanol–water partition coefficient (Wildman–Crippen LogP) is 2.00. The van der Waals surface area contributed by atoms with Crippen molar-refractivity contribution in [2.24, 2.45) is 5.92 Å². The van der Waals surface area contributed by atoms with Gasteiger partial charge in [-0.25, -0.2) is 9.59 Å². The van der Waals surface area contributed by atoms with E-state index in [-0.39, 0.29) is 6.10 Å². The highest BCUT2D eigenvalue weighted by atomic mass is 16.5. The minimum Gasteiger partial charge on any atom is -0.478 e. The molecule has 0 fully saturated rings. The second kappa shape index (κ2) is 7.04. The minimum atomic E-state index is -1.15. The van der Waals surface area contributed by atoms with Gasteiger partial charge in [-0.15, -0.1) is 0 Å². The van der Waals surface area contributed by atoms with Gasteiger partial charge in [0.25, 0.3) is 0 Å². The normalized spacial score (nSPS) is 14.9. The third kappa shape index (κ3) is 7.73. The van der Waals surface area contributed by atoms with E-state index >= 15 is 0 Å². The fourth-order valence-corrected chi connectivity index (χ4v) is 1.16. The first-order valence-electron chi connectivity index (χ1n) is 5.07. The van der Waals surface area contributed by atoms with Gasteiger partial charge in [-0.05, 0) is 19.3 Å². The number of carbonyl (C=O) groups excluding carboxylic acids is 1. The van der Waals surface area contributed by atoms with Gasteiger partial charge in [0, 0.05) is 12.2 Å². The number of hydrogen-bond acceptors (Lipinski definition) is 3. The van der Waals surface area contributed by atoms with E-state index < -0.39 is 11.9 Å². The highest BCUT2D eigenvalue weighted by Crippen LogP contribution is 2.12. The standard InChI is InChI=1S/C11H18O4/c1-4-8(2)7-9(3)15-11(14)6-5-10(12)13/h5-6,8-9H,4,7H2,1-3H3,(H,12,13)/b6-5+. The first kappa shape index (κ1) is 13.7. The lowest BCUT2D eigenvalue weighted by Crippen LogP contribution is -2.16. The van der Waals surface area contributed by atoms with E-state index in [1.165, 1.54) is 0 Å². The zero-order chi connectivity index (χ0) is 11.8. The van der Waals surface area contributed by atoms with Crippen LogP contribution in [0.4, 0.5) is 0 Å². The maximum Gasteiger partial charge on any atom is 0.331 e. The summed E-state index contributed by atoms with van der Waals surface area (Å²) < 4.78 is 4.98. The van der Waals surface area contributed by atoms with Crippen molar-refractivity contribution in [3.05, 3.63) is 12.2 Å². The molecule has 4 nitrogen and oxygen atoms in total. The SMILES string of the molecule is CCC(C)CC(C)OC(=O)/C=C/C(=O)O. The smallest absolute Gasteiger partial charge is 0.331 e. The van der Waals surface area contributed by atoms with Crippen LogP contribution in [0.15, 0.2) is 12.2 Å². The Kier molecular flexibility index (Phi) is 6.42. The van der Waals surface area contributed by atoms with Crippen LogP contribution < -0.4 is 0 Å². The molecule has 0 spiro atoms. The van der Waals surface area contributed by atoms with Crippen molar-refractivity contribution in [1.29, 1.82) is 0 Å². The molecule has 1 N–H and O–H groups in total. The fourth-order valence-electron chi connectivity index (χ4n) is 1.16. The Morgan fingerprint density at radius 2 is 1.93 bits per heavy atom. The summed E-state index contributed by atoms with van der Waals surface area (Å²) in [5.74, 6) is -1.26. The van der Waals surface area contributed by atoms with Crippen LogP contribution in [0.5, 0.6) is 0 Å². The summed E-state index contributed by atoms with van der Waals surface area (Å²) in [6.07, 6.45) is 3.36. The summed E-state index contributed by atoms with van der Waals surface area (Å²) in [5.41, 5.74) is 0. The second-order valence-electron chi connectivity index (χ2n) is 3.67. The van der Waals surface area contributed by atoms with E-state index in [0.717, 1.165) is 25.0 Å². The van der Waals surface area contributed by atoms with Gasteiger partial charge < -0.3 is 9.84 Å². The van der Waals surface area contributed by atoms with Crippen LogP contribution in [0.2, 0.25) is 0 Å². The maximum atomic E-state index is 11.1. The summed E-state index contributed by atoms with van der Waals surface area (Å²) in [5, 5.41) is 8.29. The lowest BCUT2D eigenvalue weighted by Gasteiger charge is -2.15. The Balaban J connectivity index is 3.91. The molecule has 2 atom stereocenters. The molecule has 0 radical (unpaired) electrons. The van der Waals surface area contributed by atoms with Gasteiger partial charge in [-0.2, -0.15) is 0 Å². The number of carbonyl (C=O) groups is 2. The summed E-state index contributed by atoms with van der Waals surface area (Å²) in [7, 11) is 0. The zero-order valence-corrected chi connectivity index (χ0v) is 9.40. The molecule has 0 aromatic rings. The van der Waals surface area contributed by atoms with E-state index in [1.54, 1.807) is 6.92 Å². The first-order valence-corrected chi connectivity index (χ1v) is 5.07. The van der Waals surface area contributed by atoms with Crippen molar-refractivity contribution in [2.45, 2.75) is 39.7 Å². The van der Waals surface area contributed by atoms with E-state index in [0.29, 0.717) is 5.92 Å². The van der Waals surface area contributed by atoms with Gasteiger partial charge in [-0.3, -0.25) is 0 Å². The predicted molar refractivity (Wildman–Crippen MR) is 56.4 cm³/mol. The number of carboxylic acid groups (broad SMARTS) is 1. The molecule has 0 aliphatic rings. The molecular weight excluding hydrogens is 196 g/mol. The summed E-state index contributed by atoms with van der Waals surface area (Å²) in [6.45, 7) is 5.96. The van der Waals surface area contributed by atoms with Crippen molar-refractivity contribution in [1.82, 2.24) is 0 Å². The average Bonchev–Trinajstić information content (AvgIpc) is 2.14. The van der Waals surface area contributed by atoms with Crippen LogP contribution in [-0.4, -0.2) is 23.1 Å². The third-order valence-electron chi connectivity index (χ3n) is 2.11. The van der Waals surface area contributed by atoms with Gasteiger partial charge >= 0.3 is 11.9 Å². The first-order chi connectivity index (χ1) is 6.95. The van der Waals surface area contributed by atoms with E-state index in [2.05, 4.69) is 13.8 Å². The van der Waals surface area contributed by atoms with Gasteiger partial charge in [-0.1, -0.05) is 20.3 Å². The number of ether oxygens (including phenoxy) is 1. The summed E-state index contributed by atoms with van der Waals surface area (Å²) in [6, 6.07) is 0. The van der Waals surface area contributed by atoms with Gasteiger partial charge in [0.15, 0.2) is 0 Å². The lowest BCUT2D eigenvalue weighted by atomic mass is 10.0. The molecule has 0 aliphatic carbocycles. The quantitative estimate of drug-likeness (QED) is 0.542. The number of esters is 1. The van der Waals surface area contributed by atoms with Gasteiger partial charge in [0.2, 0.25) is 0 Å². The molecule has 4 heteroatoms. The number of carboxylic acids is 1. The Hall–Kier alpha value is -1.32. The number of hydrogen-bond donors (Lipinski definition) is 1. The molecule has 2 unspecified atom stereocenters. The molecule has 0 rings (SSSR count). The van der Waals surface area contributed by atoms with Crippen LogP contribution in [0.1, 0.15) is 33.6 Å². The number of aliphatic carboxylic acids is 1. The molecule has 0 bridgehead atoms. The highest BCUT2D eigenvalue weighted by molar-refractivity contribution is 5.90. The summed E-state index contributed by atoms with van der Waals surface area (Å²) >= 11 is 0. The molecule has 0 amide bonds. The third-order valence-corrected chi connectivity index (χ3v) is 2.11. The summed E-state index contributed by atoms with van der Waals surface area (Å²) in [4.78, 5) is 21.2. The molecule has 0 saturated heterocycles. The van der Waals surface area contributed by atoms with Crippen molar-refractivity contribution >= 4 is 11.9 Å². The Morgan fingerprint density at radius 3 is 2.40 bits per heavy atom. The van der Waals surface area contributed by atoms with Gasteiger partial charge in [0.05, 0.1) is 6.10 Å².